The van der Waals surface area contributed by atoms with E-state index in [-0.39, 0.29) is 22.4 Å². The molecule has 0 saturated heterocycles. The van der Waals surface area contributed by atoms with Crippen LogP contribution in [0.25, 0.3) is 11.1 Å². The third-order valence-electron chi connectivity index (χ3n) is 3.46. The lowest BCUT2D eigenvalue weighted by Crippen LogP contribution is -2.06. The molecule has 0 fully saturated rings. The number of aryl methyl sites for hydroxylation is 1. The second kappa shape index (κ2) is 6.07. The second-order valence-electron chi connectivity index (χ2n) is 4.99. The molecule has 0 aliphatic heterocycles. The fourth-order valence-corrected chi connectivity index (χ4v) is 2.99. The van der Waals surface area contributed by atoms with Crippen LogP contribution in [-0.2, 0) is 0 Å². The summed E-state index contributed by atoms with van der Waals surface area (Å²) in [5.41, 5.74) is 1.04. The molecule has 1 aromatic heterocycles. The Kier molecular flexibility index (Phi) is 4.09. The van der Waals surface area contributed by atoms with Crippen molar-refractivity contribution in [1.29, 1.82) is 0 Å². The minimum absolute atomic E-state index is 0.00401. The number of aromatic nitrogens is 1. The van der Waals surface area contributed by atoms with Crippen molar-refractivity contribution in [1.82, 2.24) is 4.98 Å². The highest BCUT2D eigenvalue weighted by atomic mass is 127. The summed E-state index contributed by atoms with van der Waals surface area (Å²) in [5.74, 6) is -1.30. The molecule has 0 saturated carbocycles. The zero-order chi connectivity index (χ0) is 17.4. The van der Waals surface area contributed by atoms with Crippen LogP contribution in [0.1, 0.15) is 15.9 Å². The Morgan fingerprint density at radius 1 is 1.42 bits per heavy atom. The zero-order valence-corrected chi connectivity index (χ0v) is 14.4. The lowest BCUT2D eigenvalue weighted by atomic mass is 10.1. The number of halogens is 1. The molecular weight excluding hydrogens is 429 g/mol. The summed E-state index contributed by atoms with van der Waals surface area (Å²) in [4.78, 5) is 25.9. The van der Waals surface area contributed by atoms with Gasteiger partial charge in [0.1, 0.15) is 0 Å². The van der Waals surface area contributed by atoms with Gasteiger partial charge in [0.25, 0.3) is 5.69 Å². The number of non-ortho nitro benzene ring substituents is 1. The number of nitrogens with one attached hydrogen (secondary N) is 1. The molecule has 9 heteroatoms. The predicted octanol–water partition coefficient (Wildman–Crippen LogP) is 4.09. The highest BCUT2D eigenvalue weighted by Gasteiger charge is 2.26. The Bertz CT molecular complexity index is 983. The quantitative estimate of drug-likeness (QED) is 0.357. The normalized spacial score (nSPS) is 10.8. The van der Waals surface area contributed by atoms with Crippen molar-refractivity contribution in [2.45, 2.75) is 6.92 Å². The molecule has 0 aliphatic rings. The molecule has 1 heterocycles. The Labute approximate surface area is 148 Å². The number of oxazole rings is 1. The highest BCUT2D eigenvalue weighted by molar-refractivity contribution is 14.1. The maximum atomic E-state index is 11.6. The zero-order valence-electron chi connectivity index (χ0n) is 12.2. The number of anilines is 2. The summed E-state index contributed by atoms with van der Waals surface area (Å²) in [6.07, 6.45) is 1.05. The topological polar surface area (TPSA) is 118 Å². The van der Waals surface area contributed by atoms with Crippen molar-refractivity contribution in [3.63, 3.8) is 0 Å². The van der Waals surface area contributed by atoms with Gasteiger partial charge in [0.15, 0.2) is 17.5 Å². The van der Waals surface area contributed by atoms with Crippen LogP contribution >= 0.6 is 22.6 Å². The van der Waals surface area contributed by atoms with Gasteiger partial charge in [0.2, 0.25) is 0 Å². The van der Waals surface area contributed by atoms with E-state index < -0.39 is 16.6 Å². The number of hydrogen-bond acceptors (Lipinski definition) is 6. The van der Waals surface area contributed by atoms with Gasteiger partial charge in [-0.05, 0) is 53.3 Å². The number of rotatable bonds is 4. The number of fused-ring (bicyclic) bond motifs is 1. The molecule has 0 radical (unpaired) electrons. The van der Waals surface area contributed by atoms with Crippen LogP contribution in [-0.4, -0.2) is 21.0 Å². The molecule has 122 valence electrons. The van der Waals surface area contributed by atoms with Gasteiger partial charge in [0.05, 0.1) is 16.2 Å². The number of nitro benzene ring substituents is 1. The fourth-order valence-electron chi connectivity index (χ4n) is 2.34. The van der Waals surface area contributed by atoms with Crippen molar-refractivity contribution in [3.05, 3.63) is 55.5 Å². The van der Waals surface area contributed by atoms with Gasteiger partial charge in [-0.1, -0.05) is 0 Å². The monoisotopic (exact) mass is 439 g/mol. The van der Waals surface area contributed by atoms with E-state index in [1.807, 2.05) is 19.1 Å². The average Bonchev–Trinajstić information content (AvgIpc) is 2.98. The number of carbonyl (C=O) groups is 1. The highest BCUT2D eigenvalue weighted by Crippen LogP contribution is 2.36. The van der Waals surface area contributed by atoms with Gasteiger partial charge in [-0.2, -0.15) is 0 Å². The standard InChI is InChI=1S/C15H10IN3O5/c1-7-4-8(16)2-3-10(7)18-12-9(15(20)21)5-11(19(22)23)13-14(12)24-6-17-13/h2-6,18H,1H3,(H,20,21). The van der Waals surface area contributed by atoms with Gasteiger partial charge in [0, 0.05) is 15.3 Å². The van der Waals surface area contributed by atoms with Crippen LogP contribution < -0.4 is 5.32 Å². The Balaban J connectivity index is 2.24. The van der Waals surface area contributed by atoms with E-state index in [1.54, 1.807) is 6.07 Å². The van der Waals surface area contributed by atoms with E-state index in [1.165, 1.54) is 0 Å². The van der Waals surface area contributed by atoms with Crippen LogP contribution in [0.15, 0.2) is 35.1 Å². The lowest BCUT2D eigenvalue weighted by molar-refractivity contribution is -0.383. The Morgan fingerprint density at radius 2 is 2.17 bits per heavy atom. The van der Waals surface area contributed by atoms with Crippen LogP contribution in [0.2, 0.25) is 0 Å². The van der Waals surface area contributed by atoms with Gasteiger partial charge < -0.3 is 14.8 Å². The van der Waals surface area contributed by atoms with Gasteiger partial charge >= 0.3 is 5.97 Å². The number of nitro groups is 1. The lowest BCUT2D eigenvalue weighted by Gasteiger charge is -2.12. The largest absolute Gasteiger partial charge is 0.478 e. The maximum Gasteiger partial charge on any atom is 0.338 e. The number of carboxylic acid groups (broad SMARTS) is 1. The molecule has 2 N–H and O–H groups in total. The molecule has 0 atom stereocenters. The van der Waals surface area contributed by atoms with E-state index in [9.17, 15) is 20.0 Å². The summed E-state index contributed by atoms with van der Waals surface area (Å²) in [6, 6.07) is 6.56. The minimum Gasteiger partial charge on any atom is -0.478 e. The smallest absolute Gasteiger partial charge is 0.338 e. The SMILES string of the molecule is Cc1cc(I)ccc1Nc1c(C(=O)O)cc([N+](=O)[O-])c2ncoc12. The molecular formula is C15H10IN3O5. The Morgan fingerprint density at radius 3 is 2.79 bits per heavy atom. The third-order valence-corrected chi connectivity index (χ3v) is 4.13. The van der Waals surface area contributed by atoms with E-state index in [4.69, 9.17) is 4.42 Å². The first kappa shape index (κ1) is 16.2. The van der Waals surface area contributed by atoms with Crippen LogP contribution in [0.3, 0.4) is 0 Å². The van der Waals surface area contributed by atoms with Gasteiger partial charge in [-0.15, -0.1) is 0 Å². The number of aromatic carboxylic acids is 1. The molecule has 24 heavy (non-hydrogen) atoms. The van der Waals surface area contributed by atoms with E-state index >= 15 is 0 Å². The number of nitrogens with zero attached hydrogens (tertiary/aromatic N) is 2. The summed E-state index contributed by atoms with van der Waals surface area (Å²) in [7, 11) is 0. The molecule has 3 rings (SSSR count). The number of carboxylic acids is 1. The summed E-state index contributed by atoms with van der Waals surface area (Å²) in [6.45, 7) is 1.87. The van der Waals surface area contributed by atoms with Crippen molar-refractivity contribution >= 4 is 56.7 Å². The molecule has 0 spiro atoms. The van der Waals surface area contributed by atoms with Crippen molar-refractivity contribution < 1.29 is 19.2 Å². The van der Waals surface area contributed by atoms with Crippen LogP contribution in [0, 0.1) is 20.6 Å². The van der Waals surface area contributed by atoms with Gasteiger partial charge in [-0.3, -0.25) is 10.1 Å². The first-order valence-electron chi connectivity index (χ1n) is 6.69. The summed E-state index contributed by atoms with van der Waals surface area (Å²) < 4.78 is 6.25. The molecule has 3 aromatic rings. The summed E-state index contributed by atoms with van der Waals surface area (Å²) in [5, 5.41) is 23.6. The molecule has 2 aromatic carbocycles. The third kappa shape index (κ3) is 2.77. The van der Waals surface area contributed by atoms with E-state index in [0.717, 1.165) is 21.6 Å². The number of benzene rings is 2. The molecule has 0 aliphatic carbocycles. The predicted molar refractivity (Wildman–Crippen MR) is 94.8 cm³/mol. The first-order chi connectivity index (χ1) is 11.4. The van der Waals surface area contributed by atoms with E-state index in [2.05, 4.69) is 32.9 Å². The van der Waals surface area contributed by atoms with Crippen LogP contribution in [0.4, 0.5) is 17.1 Å². The van der Waals surface area contributed by atoms with Crippen molar-refractivity contribution in [3.8, 4) is 0 Å². The molecule has 0 amide bonds. The molecule has 0 bridgehead atoms. The molecule has 0 unspecified atom stereocenters. The number of hydrogen-bond donors (Lipinski definition) is 2. The van der Waals surface area contributed by atoms with Crippen molar-refractivity contribution in [2.75, 3.05) is 5.32 Å². The average molecular weight is 439 g/mol. The maximum absolute atomic E-state index is 11.6. The molecule has 8 nitrogen and oxygen atoms in total. The summed E-state index contributed by atoms with van der Waals surface area (Å²) >= 11 is 2.17. The van der Waals surface area contributed by atoms with Crippen molar-refractivity contribution in [2.24, 2.45) is 0 Å². The minimum atomic E-state index is -1.30. The first-order valence-corrected chi connectivity index (χ1v) is 7.77. The van der Waals surface area contributed by atoms with E-state index in [0.29, 0.717) is 5.69 Å². The van der Waals surface area contributed by atoms with Crippen LogP contribution in [0.5, 0.6) is 0 Å². The Hall–Kier alpha value is -2.69. The fraction of sp³-hybridized carbons (Fsp3) is 0.0667. The second-order valence-corrected chi connectivity index (χ2v) is 6.24. The van der Waals surface area contributed by atoms with Gasteiger partial charge in [-0.25, -0.2) is 9.78 Å².